The molecule has 5 heteroatoms. The van der Waals surface area contributed by atoms with E-state index in [1.807, 2.05) is 0 Å². The third-order valence-corrected chi connectivity index (χ3v) is 6.01. The first kappa shape index (κ1) is 21.0. The van der Waals surface area contributed by atoms with Gasteiger partial charge in [0.25, 0.3) is 0 Å². The number of aliphatic imine (C=N–C) groups is 1. The highest BCUT2D eigenvalue weighted by Gasteiger charge is 2.36. The molecule has 1 aliphatic carbocycles. The molecule has 1 saturated carbocycles. The molecule has 0 aromatic rings. The van der Waals surface area contributed by atoms with Crippen LogP contribution in [0.15, 0.2) is 4.99 Å². The number of aliphatic hydroxyl groups excluding tert-OH is 1. The topological polar surface area (TPSA) is 47.9 Å². The minimum Gasteiger partial charge on any atom is -0.396 e. The summed E-state index contributed by atoms with van der Waals surface area (Å²) in [6.07, 6.45) is 7.56. The van der Waals surface area contributed by atoms with Gasteiger partial charge in [-0.3, -0.25) is 4.99 Å². The molecule has 0 spiro atoms. The minimum absolute atomic E-state index is 0. The maximum absolute atomic E-state index is 9.75. The molecule has 23 heavy (non-hydrogen) atoms. The van der Waals surface area contributed by atoms with E-state index in [0.29, 0.717) is 0 Å². The molecule has 2 unspecified atom stereocenters. The Hall–Kier alpha value is -0.0400. The van der Waals surface area contributed by atoms with Gasteiger partial charge in [0, 0.05) is 25.0 Å². The first-order chi connectivity index (χ1) is 10.7. The molecule has 2 fully saturated rings. The lowest BCUT2D eigenvalue weighted by Gasteiger charge is -2.29. The van der Waals surface area contributed by atoms with Crippen LogP contribution in [0.2, 0.25) is 0 Å². The number of hydrogen-bond donors (Lipinski definition) is 2. The number of nitrogens with one attached hydrogen (secondary N) is 1. The van der Waals surface area contributed by atoms with E-state index in [0.717, 1.165) is 43.7 Å². The maximum Gasteiger partial charge on any atom is 0.193 e. The summed E-state index contributed by atoms with van der Waals surface area (Å²) >= 11 is 0. The first-order valence-electron chi connectivity index (χ1n) is 9.32. The summed E-state index contributed by atoms with van der Waals surface area (Å²) in [5.41, 5.74) is -0.0485. The normalized spacial score (nSPS) is 25.0. The van der Waals surface area contributed by atoms with Crippen molar-refractivity contribution >= 4 is 29.9 Å². The SMILES string of the molecule is CCNC(=NCC(CC)(CC)CO)N1CC2CCCCC2C1.I. The van der Waals surface area contributed by atoms with Crippen LogP contribution in [-0.2, 0) is 0 Å². The van der Waals surface area contributed by atoms with E-state index in [1.54, 1.807) is 0 Å². The van der Waals surface area contributed by atoms with Crippen molar-refractivity contribution < 1.29 is 5.11 Å². The lowest BCUT2D eigenvalue weighted by molar-refractivity contribution is 0.123. The average Bonchev–Trinajstić information content (AvgIpc) is 2.99. The molecule has 2 atom stereocenters. The second-order valence-electron chi connectivity index (χ2n) is 7.24. The number of nitrogens with zero attached hydrogens (tertiary/aromatic N) is 2. The van der Waals surface area contributed by atoms with Gasteiger partial charge in [0.05, 0.1) is 13.2 Å². The summed E-state index contributed by atoms with van der Waals surface area (Å²) in [6, 6.07) is 0. The zero-order valence-corrected chi connectivity index (χ0v) is 17.5. The molecule has 2 aliphatic rings. The monoisotopic (exact) mass is 437 g/mol. The predicted molar refractivity (Wildman–Crippen MR) is 109 cm³/mol. The van der Waals surface area contributed by atoms with Crippen LogP contribution in [0.5, 0.6) is 0 Å². The van der Waals surface area contributed by atoms with Crippen LogP contribution in [0.1, 0.15) is 59.3 Å². The Bertz CT molecular complexity index is 349. The second kappa shape index (κ2) is 10.1. The molecular weight excluding hydrogens is 401 g/mol. The summed E-state index contributed by atoms with van der Waals surface area (Å²) in [4.78, 5) is 7.38. The molecule has 0 aromatic carbocycles. The summed E-state index contributed by atoms with van der Waals surface area (Å²) in [5.74, 6) is 2.81. The molecule has 1 heterocycles. The summed E-state index contributed by atoms with van der Waals surface area (Å²) in [7, 11) is 0. The standard InChI is InChI=1S/C18H35N3O.HI/c1-4-18(5-2,14-22)13-20-17(19-6-3)21-11-15-9-7-8-10-16(15)12-21;/h15-16,22H,4-14H2,1-3H3,(H,19,20);1H. The van der Waals surface area contributed by atoms with Crippen molar-refractivity contribution in [3.63, 3.8) is 0 Å². The molecule has 2 rings (SSSR count). The Balaban J connectivity index is 0.00000264. The van der Waals surface area contributed by atoms with Gasteiger partial charge in [-0.1, -0.05) is 26.7 Å². The van der Waals surface area contributed by atoms with Crippen molar-refractivity contribution in [3.05, 3.63) is 0 Å². The molecule has 0 radical (unpaired) electrons. The fourth-order valence-electron chi connectivity index (χ4n) is 3.99. The molecule has 0 aromatic heterocycles. The van der Waals surface area contributed by atoms with Gasteiger partial charge in [0.2, 0.25) is 0 Å². The number of fused-ring (bicyclic) bond motifs is 1. The number of guanidine groups is 1. The van der Waals surface area contributed by atoms with Gasteiger partial charge in [-0.15, -0.1) is 24.0 Å². The van der Waals surface area contributed by atoms with E-state index in [9.17, 15) is 5.11 Å². The lowest BCUT2D eigenvalue weighted by Crippen LogP contribution is -2.41. The van der Waals surface area contributed by atoms with Gasteiger partial charge in [-0.25, -0.2) is 0 Å². The number of aliphatic hydroxyl groups is 1. The first-order valence-corrected chi connectivity index (χ1v) is 9.32. The highest BCUT2D eigenvalue weighted by molar-refractivity contribution is 14.0. The highest BCUT2D eigenvalue weighted by atomic mass is 127. The molecule has 4 nitrogen and oxygen atoms in total. The van der Waals surface area contributed by atoms with Crippen molar-refractivity contribution in [3.8, 4) is 0 Å². The zero-order chi connectivity index (χ0) is 16.0. The predicted octanol–water partition coefficient (Wildman–Crippen LogP) is 3.49. The van der Waals surface area contributed by atoms with Crippen LogP contribution in [0, 0.1) is 17.3 Å². The molecule has 0 bridgehead atoms. The van der Waals surface area contributed by atoms with Gasteiger partial charge < -0.3 is 15.3 Å². The van der Waals surface area contributed by atoms with E-state index in [4.69, 9.17) is 4.99 Å². The Morgan fingerprint density at radius 1 is 1.13 bits per heavy atom. The van der Waals surface area contributed by atoms with Gasteiger partial charge in [-0.05, 0) is 44.4 Å². The molecule has 1 aliphatic heterocycles. The molecule has 1 saturated heterocycles. The summed E-state index contributed by atoms with van der Waals surface area (Å²) in [5, 5.41) is 13.2. The van der Waals surface area contributed by atoms with Crippen LogP contribution in [0.3, 0.4) is 0 Å². The minimum atomic E-state index is -0.0485. The van der Waals surface area contributed by atoms with Crippen LogP contribution in [0.4, 0.5) is 0 Å². The molecule has 0 amide bonds. The quantitative estimate of drug-likeness (QED) is 0.380. The third-order valence-electron chi connectivity index (χ3n) is 6.01. The van der Waals surface area contributed by atoms with E-state index >= 15 is 0 Å². The Labute approximate surface area is 159 Å². The summed E-state index contributed by atoms with van der Waals surface area (Å²) in [6.45, 7) is 10.7. The number of hydrogen-bond acceptors (Lipinski definition) is 2. The van der Waals surface area contributed by atoms with Crippen LogP contribution in [-0.4, -0.2) is 48.8 Å². The maximum atomic E-state index is 9.75. The fourth-order valence-corrected chi connectivity index (χ4v) is 3.99. The van der Waals surface area contributed by atoms with E-state index in [1.165, 1.54) is 38.8 Å². The van der Waals surface area contributed by atoms with Crippen LogP contribution >= 0.6 is 24.0 Å². The van der Waals surface area contributed by atoms with Gasteiger partial charge in [0.1, 0.15) is 0 Å². The number of halogens is 1. The number of rotatable bonds is 6. The molecular formula is C18H36IN3O. The van der Waals surface area contributed by atoms with E-state index < -0.39 is 0 Å². The van der Waals surface area contributed by atoms with Crippen molar-refractivity contribution in [2.75, 3.05) is 32.8 Å². The lowest BCUT2D eigenvalue weighted by atomic mass is 9.82. The average molecular weight is 437 g/mol. The van der Waals surface area contributed by atoms with Gasteiger partial charge >= 0.3 is 0 Å². The fraction of sp³-hybridized carbons (Fsp3) is 0.944. The number of likely N-dealkylation sites (tertiary alicyclic amines) is 1. The van der Waals surface area contributed by atoms with Gasteiger partial charge in [-0.2, -0.15) is 0 Å². The highest BCUT2D eigenvalue weighted by Crippen LogP contribution is 2.36. The zero-order valence-electron chi connectivity index (χ0n) is 15.2. The van der Waals surface area contributed by atoms with Crippen molar-refractivity contribution in [2.45, 2.75) is 59.3 Å². The molecule has 136 valence electrons. The Kier molecular flexibility index (Phi) is 9.19. The van der Waals surface area contributed by atoms with Crippen LogP contribution in [0.25, 0.3) is 0 Å². The van der Waals surface area contributed by atoms with E-state index in [-0.39, 0.29) is 36.0 Å². The van der Waals surface area contributed by atoms with Crippen molar-refractivity contribution in [1.82, 2.24) is 10.2 Å². The smallest absolute Gasteiger partial charge is 0.193 e. The Morgan fingerprint density at radius 3 is 2.13 bits per heavy atom. The largest absolute Gasteiger partial charge is 0.396 e. The van der Waals surface area contributed by atoms with Crippen LogP contribution < -0.4 is 5.32 Å². The molecule has 2 N–H and O–H groups in total. The van der Waals surface area contributed by atoms with E-state index in [2.05, 4.69) is 31.0 Å². The third kappa shape index (κ3) is 5.21. The van der Waals surface area contributed by atoms with Gasteiger partial charge in [0.15, 0.2) is 5.96 Å². The second-order valence-corrected chi connectivity index (χ2v) is 7.24. The summed E-state index contributed by atoms with van der Waals surface area (Å²) < 4.78 is 0. The van der Waals surface area contributed by atoms with Crippen molar-refractivity contribution in [2.24, 2.45) is 22.2 Å². The van der Waals surface area contributed by atoms with Crippen molar-refractivity contribution in [1.29, 1.82) is 0 Å². The Morgan fingerprint density at radius 2 is 1.70 bits per heavy atom.